The molecule has 0 spiro atoms. The van der Waals surface area contributed by atoms with Crippen LogP contribution in [0, 0.1) is 13.8 Å². The second-order valence-corrected chi connectivity index (χ2v) is 7.59. The van der Waals surface area contributed by atoms with Crippen LogP contribution in [0.1, 0.15) is 37.1 Å². The van der Waals surface area contributed by atoms with E-state index in [-0.39, 0.29) is 12.1 Å². The molecule has 2 atom stereocenters. The molecule has 1 aromatic rings. The van der Waals surface area contributed by atoms with Crippen molar-refractivity contribution in [1.29, 1.82) is 0 Å². The number of nitrogens with zero attached hydrogens (tertiary/aromatic N) is 3. The lowest BCUT2D eigenvalue weighted by atomic mass is 9.91. The van der Waals surface area contributed by atoms with E-state index in [0.29, 0.717) is 16.3 Å². The van der Waals surface area contributed by atoms with Gasteiger partial charge in [-0.1, -0.05) is 12.8 Å². The van der Waals surface area contributed by atoms with E-state index in [2.05, 4.69) is 5.10 Å². The van der Waals surface area contributed by atoms with Crippen molar-refractivity contribution in [1.82, 2.24) is 14.1 Å². The van der Waals surface area contributed by atoms with Crippen LogP contribution in [0.3, 0.4) is 0 Å². The molecule has 0 saturated heterocycles. The SMILES string of the molecule is Cc1nn(C)c(C)c1S(=O)(=O)N(C)C1CCCCC1N. The summed E-state index contributed by atoms with van der Waals surface area (Å²) in [5.74, 6) is 0. The zero-order valence-electron chi connectivity index (χ0n) is 12.6. The number of hydrogen-bond acceptors (Lipinski definition) is 4. The van der Waals surface area contributed by atoms with Crippen LogP contribution in [0.5, 0.6) is 0 Å². The molecule has 2 N–H and O–H groups in total. The van der Waals surface area contributed by atoms with Crippen molar-refractivity contribution in [3.05, 3.63) is 11.4 Å². The molecule has 1 aliphatic rings. The first kappa shape index (κ1) is 15.5. The smallest absolute Gasteiger partial charge is 0.246 e. The molecule has 2 unspecified atom stereocenters. The molecule has 7 heteroatoms. The maximum atomic E-state index is 12.8. The molecule has 6 nitrogen and oxygen atoms in total. The van der Waals surface area contributed by atoms with Crippen molar-refractivity contribution in [2.75, 3.05) is 7.05 Å². The van der Waals surface area contributed by atoms with Gasteiger partial charge in [0.1, 0.15) is 4.90 Å². The van der Waals surface area contributed by atoms with Gasteiger partial charge in [0.2, 0.25) is 10.0 Å². The van der Waals surface area contributed by atoms with Gasteiger partial charge in [0.05, 0.1) is 11.4 Å². The normalized spacial score (nSPS) is 24.3. The second-order valence-electron chi connectivity index (χ2n) is 5.66. The average Bonchev–Trinajstić information content (AvgIpc) is 2.63. The number of hydrogen-bond donors (Lipinski definition) is 1. The van der Waals surface area contributed by atoms with Gasteiger partial charge in [0, 0.05) is 26.2 Å². The highest BCUT2D eigenvalue weighted by molar-refractivity contribution is 7.89. The van der Waals surface area contributed by atoms with Crippen molar-refractivity contribution in [3.8, 4) is 0 Å². The fourth-order valence-electron chi connectivity index (χ4n) is 3.04. The molecule has 0 aliphatic heterocycles. The van der Waals surface area contributed by atoms with Crippen LogP contribution < -0.4 is 5.73 Å². The van der Waals surface area contributed by atoms with Gasteiger partial charge in [-0.2, -0.15) is 9.40 Å². The Kier molecular flexibility index (Phi) is 4.22. The van der Waals surface area contributed by atoms with E-state index in [9.17, 15) is 8.42 Å². The van der Waals surface area contributed by atoms with Crippen LogP contribution in [0.4, 0.5) is 0 Å². The van der Waals surface area contributed by atoms with Crippen molar-refractivity contribution >= 4 is 10.0 Å². The molecule has 0 bridgehead atoms. The Morgan fingerprint density at radius 1 is 1.30 bits per heavy atom. The molecule has 0 aromatic carbocycles. The summed E-state index contributed by atoms with van der Waals surface area (Å²) in [6.07, 6.45) is 3.82. The average molecular weight is 300 g/mol. The third-order valence-corrected chi connectivity index (χ3v) is 6.46. The summed E-state index contributed by atoms with van der Waals surface area (Å²) in [5.41, 5.74) is 7.32. The number of aromatic nitrogens is 2. The Hall–Kier alpha value is -0.920. The predicted molar refractivity (Wildman–Crippen MR) is 77.9 cm³/mol. The molecule has 2 rings (SSSR count). The second kappa shape index (κ2) is 5.46. The Labute approximate surface area is 121 Å². The van der Waals surface area contributed by atoms with Gasteiger partial charge in [-0.25, -0.2) is 8.42 Å². The van der Waals surface area contributed by atoms with E-state index >= 15 is 0 Å². The van der Waals surface area contributed by atoms with Gasteiger partial charge in [-0.05, 0) is 26.7 Å². The van der Waals surface area contributed by atoms with E-state index in [1.54, 1.807) is 32.6 Å². The number of aryl methyl sites for hydroxylation is 2. The largest absolute Gasteiger partial charge is 0.326 e. The maximum absolute atomic E-state index is 12.8. The summed E-state index contributed by atoms with van der Waals surface area (Å²) in [6.45, 7) is 3.51. The van der Waals surface area contributed by atoms with Crippen molar-refractivity contribution in [2.45, 2.75) is 56.5 Å². The zero-order valence-corrected chi connectivity index (χ0v) is 13.4. The van der Waals surface area contributed by atoms with Gasteiger partial charge >= 0.3 is 0 Å². The summed E-state index contributed by atoms with van der Waals surface area (Å²) in [7, 11) is -0.148. The monoisotopic (exact) mass is 300 g/mol. The number of rotatable bonds is 3. The van der Waals surface area contributed by atoms with Crippen LogP contribution in [0.2, 0.25) is 0 Å². The molecule has 20 heavy (non-hydrogen) atoms. The minimum atomic E-state index is -3.54. The topological polar surface area (TPSA) is 81.2 Å². The molecule has 0 amide bonds. The van der Waals surface area contributed by atoms with Crippen LogP contribution in [0.25, 0.3) is 0 Å². The highest BCUT2D eigenvalue weighted by Gasteiger charge is 2.36. The standard InChI is InChI=1S/C13H24N4O2S/c1-9-13(10(2)16(3)15-9)20(18,19)17(4)12-8-6-5-7-11(12)14/h11-12H,5-8,14H2,1-4H3. The Balaban J connectivity index is 2.39. The third-order valence-electron chi connectivity index (χ3n) is 4.33. The van der Waals surface area contributed by atoms with Crippen LogP contribution in [0.15, 0.2) is 4.90 Å². The maximum Gasteiger partial charge on any atom is 0.246 e. The van der Waals surface area contributed by atoms with Gasteiger partial charge in [-0.3, -0.25) is 4.68 Å². The molecule has 1 saturated carbocycles. The minimum absolute atomic E-state index is 0.0826. The lowest BCUT2D eigenvalue weighted by molar-refractivity contribution is 0.252. The first-order valence-corrected chi connectivity index (χ1v) is 8.44. The summed E-state index contributed by atoms with van der Waals surface area (Å²) >= 11 is 0. The van der Waals surface area contributed by atoms with Gasteiger partial charge in [0.25, 0.3) is 0 Å². The molecule has 0 radical (unpaired) electrons. The molecule has 1 fully saturated rings. The van der Waals surface area contributed by atoms with Crippen LogP contribution in [-0.2, 0) is 17.1 Å². The summed E-state index contributed by atoms with van der Waals surface area (Å²) in [5, 5.41) is 4.20. The Morgan fingerprint density at radius 2 is 1.90 bits per heavy atom. The van der Waals surface area contributed by atoms with Crippen molar-refractivity contribution in [3.63, 3.8) is 0 Å². The molecule has 1 heterocycles. The summed E-state index contributed by atoms with van der Waals surface area (Å²) < 4.78 is 28.8. The minimum Gasteiger partial charge on any atom is -0.326 e. The number of likely N-dealkylation sites (N-methyl/N-ethyl adjacent to an activating group) is 1. The van der Waals surface area contributed by atoms with Crippen LogP contribution in [-0.4, -0.2) is 41.6 Å². The van der Waals surface area contributed by atoms with Gasteiger partial charge in [0.15, 0.2) is 0 Å². The van der Waals surface area contributed by atoms with Crippen molar-refractivity contribution in [2.24, 2.45) is 12.8 Å². The van der Waals surface area contributed by atoms with Crippen LogP contribution >= 0.6 is 0 Å². The lowest BCUT2D eigenvalue weighted by Crippen LogP contribution is -2.50. The van der Waals surface area contributed by atoms with E-state index in [1.165, 1.54) is 4.31 Å². The van der Waals surface area contributed by atoms with E-state index in [4.69, 9.17) is 5.73 Å². The molecular weight excluding hydrogens is 276 g/mol. The van der Waals surface area contributed by atoms with E-state index in [1.807, 2.05) is 0 Å². The quantitative estimate of drug-likeness (QED) is 0.900. The number of nitrogens with two attached hydrogens (primary N) is 1. The Morgan fingerprint density at radius 3 is 2.40 bits per heavy atom. The van der Waals surface area contributed by atoms with E-state index in [0.717, 1.165) is 25.7 Å². The molecular formula is C13H24N4O2S. The fraction of sp³-hybridized carbons (Fsp3) is 0.769. The molecule has 1 aromatic heterocycles. The zero-order chi connectivity index (χ0) is 15.1. The Bertz CT molecular complexity index is 594. The first-order chi connectivity index (χ1) is 9.26. The predicted octanol–water partition coefficient (Wildman–Crippen LogP) is 0.927. The highest BCUT2D eigenvalue weighted by atomic mass is 32.2. The van der Waals surface area contributed by atoms with Crippen molar-refractivity contribution < 1.29 is 8.42 Å². The highest BCUT2D eigenvalue weighted by Crippen LogP contribution is 2.28. The number of sulfonamides is 1. The van der Waals surface area contributed by atoms with E-state index < -0.39 is 10.0 Å². The summed E-state index contributed by atoms with van der Waals surface area (Å²) in [6, 6.07) is -0.200. The lowest BCUT2D eigenvalue weighted by Gasteiger charge is -2.35. The summed E-state index contributed by atoms with van der Waals surface area (Å²) in [4.78, 5) is 0.320. The first-order valence-electron chi connectivity index (χ1n) is 7.00. The molecule has 1 aliphatic carbocycles. The molecule has 114 valence electrons. The fourth-order valence-corrected chi connectivity index (χ4v) is 4.87. The van der Waals surface area contributed by atoms with Gasteiger partial charge in [-0.15, -0.1) is 0 Å². The third kappa shape index (κ3) is 2.49. The van der Waals surface area contributed by atoms with Gasteiger partial charge < -0.3 is 5.73 Å².